The second-order valence-electron chi connectivity index (χ2n) is 10.1. The van der Waals surface area contributed by atoms with Crippen molar-refractivity contribution in [3.05, 3.63) is 33.0 Å². The Kier molecular flexibility index (Phi) is 7.98. The number of carbonyl (C=O) groups excluding carboxylic acids is 3. The van der Waals surface area contributed by atoms with E-state index in [9.17, 15) is 19.5 Å². The van der Waals surface area contributed by atoms with Crippen molar-refractivity contribution in [2.75, 3.05) is 19.6 Å². The Balaban J connectivity index is 1.57. The predicted molar refractivity (Wildman–Crippen MR) is 132 cm³/mol. The summed E-state index contributed by atoms with van der Waals surface area (Å²) in [4.78, 5) is 43.7. The molecule has 3 amide bonds. The molecule has 0 aliphatic carbocycles. The molecule has 2 aliphatic heterocycles. The van der Waals surface area contributed by atoms with Crippen LogP contribution in [-0.2, 0) is 9.53 Å². The molecule has 3 rings (SSSR count). The van der Waals surface area contributed by atoms with Gasteiger partial charge in [-0.2, -0.15) is 0 Å². The van der Waals surface area contributed by atoms with Gasteiger partial charge in [-0.25, -0.2) is 9.79 Å². The van der Waals surface area contributed by atoms with Gasteiger partial charge in [0.2, 0.25) is 0 Å². The first-order valence-electron chi connectivity index (χ1n) is 11.7. The van der Waals surface area contributed by atoms with E-state index in [1.54, 1.807) is 17.2 Å². The SMILES string of the molecule is CC1=CC(C)=NC(=O)C1CNC(=O)c1csc(C(O)C2CCN(C(=O)OC(C)(C)C)CC2)c1C. The van der Waals surface area contributed by atoms with Crippen LogP contribution in [0.15, 0.2) is 22.0 Å². The number of hydrogen-bond acceptors (Lipinski definition) is 6. The Labute approximate surface area is 205 Å². The Morgan fingerprint density at radius 2 is 1.91 bits per heavy atom. The summed E-state index contributed by atoms with van der Waals surface area (Å²) in [6.45, 7) is 12.2. The summed E-state index contributed by atoms with van der Waals surface area (Å²) < 4.78 is 5.44. The normalized spacial score (nSPS) is 20.5. The Morgan fingerprint density at radius 3 is 2.50 bits per heavy atom. The molecule has 0 bridgehead atoms. The lowest BCUT2D eigenvalue weighted by molar-refractivity contribution is -0.120. The average Bonchev–Trinajstić information content (AvgIpc) is 3.12. The number of allylic oxidation sites excluding steroid dienone is 1. The maximum absolute atomic E-state index is 12.8. The van der Waals surface area contributed by atoms with E-state index in [0.29, 0.717) is 37.2 Å². The summed E-state index contributed by atoms with van der Waals surface area (Å²) >= 11 is 1.37. The third-order valence-electron chi connectivity index (χ3n) is 6.27. The summed E-state index contributed by atoms with van der Waals surface area (Å²) in [7, 11) is 0. The first-order chi connectivity index (χ1) is 15.9. The van der Waals surface area contributed by atoms with E-state index >= 15 is 0 Å². The zero-order valence-electron chi connectivity index (χ0n) is 20.8. The van der Waals surface area contributed by atoms with Gasteiger partial charge in [-0.1, -0.05) is 5.57 Å². The highest BCUT2D eigenvalue weighted by molar-refractivity contribution is 7.10. The average molecular weight is 490 g/mol. The highest BCUT2D eigenvalue weighted by atomic mass is 32.1. The number of piperidine rings is 1. The van der Waals surface area contributed by atoms with Crippen molar-refractivity contribution < 1.29 is 24.2 Å². The van der Waals surface area contributed by atoms with Gasteiger partial charge in [0.1, 0.15) is 5.60 Å². The van der Waals surface area contributed by atoms with Crippen molar-refractivity contribution >= 4 is 35.0 Å². The van der Waals surface area contributed by atoms with E-state index in [4.69, 9.17) is 4.74 Å². The third kappa shape index (κ3) is 6.13. The first-order valence-corrected chi connectivity index (χ1v) is 12.5. The van der Waals surface area contributed by atoms with Crippen LogP contribution >= 0.6 is 11.3 Å². The zero-order chi connectivity index (χ0) is 25.2. The van der Waals surface area contributed by atoms with Gasteiger partial charge in [-0.3, -0.25) is 9.59 Å². The quantitative estimate of drug-likeness (QED) is 0.649. The zero-order valence-corrected chi connectivity index (χ0v) is 21.6. The molecule has 1 saturated heterocycles. The van der Waals surface area contributed by atoms with Crippen LogP contribution in [0.25, 0.3) is 0 Å². The summed E-state index contributed by atoms with van der Waals surface area (Å²) in [5, 5.41) is 15.6. The maximum atomic E-state index is 12.8. The number of ether oxygens (including phenoxy) is 1. The van der Waals surface area contributed by atoms with Crippen LogP contribution in [0.4, 0.5) is 4.79 Å². The first kappa shape index (κ1) is 26.1. The van der Waals surface area contributed by atoms with Crippen LogP contribution in [0.5, 0.6) is 0 Å². The van der Waals surface area contributed by atoms with Crippen molar-refractivity contribution in [1.82, 2.24) is 10.2 Å². The molecule has 3 heterocycles. The standard InChI is InChI=1S/C25H35N3O5S/c1-14-11-15(2)27-23(31)18(14)12-26-22(30)19-13-34-21(16(19)3)20(29)17-7-9-28(10-8-17)24(32)33-25(4,5)6/h11,13,17-18,20,29H,7-10,12H2,1-6H3,(H,26,30). The van der Waals surface area contributed by atoms with Gasteiger partial charge in [0.25, 0.3) is 11.8 Å². The second-order valence-corrected chi connectivity index (χ2v) is 11.0. The largest absolute Gasteiger partial charge is 0.444 e. The number of rotatable bonds is 5. The number of nitrogens with one attached hydrogen (secondary N) is 1. The molecular formula is C25H35N3O5S. The highest BCUT2D eigenvalue weighted by Crippen LogP contribution is 2.37. The third-order valence-corrected chi connectivity index (χ3v) is 7.42. The fraction of sp³-hybridized carbons (Fsp3) is 0.600. The van der Waals surface area contributed by atoms with Crippen molar-refractivity contribution in [3.63, 3.8) is 0 Å². The van der Waals surface area contributed by atoms with Gasteiger partial charge in [0, 0.05) is 35.6 Å². The number of carbonyl (C=O) groups is 3. The highest BCUT2D eigenvalue weighted by Gasteiger charge is 2.32. The van der Waals surface area contributed by atoms with E-state index in [-0.39, 0.29) is 30.4 Å². The lowest BCUT2D eigenvalue weighted by Gasteiger charge is -2.35. The number of dihydropyridines is 1. The van der Waals surface area contributed by atoms with Crippen LogP contribution in [-0.4, -0.2) is 58.9 Å². The molecule has 0 saturated carbocycles. The number of aliphatic hydroxyl groups excluding tert-OH is 1. The topological polar surface area (TPSA) is 108 Å². The van der Waals surface area contributed by atoms with Crippen LogP contribution in [0.2, 0.25) is 0 Å². The van der Waals surface area contributed by atoms with Crippen molar-refractivity contribution in [3.8, 4) is 0 Å². The van der Waals surface area contributed by atoms with Gasteiger partial charge < -0.3 is 20.1 Å². The van der Waals surface area contributed by atoms with Crippen molar-refractivity contribution in [1.29, 1.82) is 0 Å². The van der Waals surface area contributed by atoms with E-state index in [2.05, 4.69) is 10.3 Å². The molecule has 2 unspecified atom stereocenters. The molecule has 2 aliphatic rings. The molecule has 0 spiro atoms. The lowest BCUT2D eigenvalue weighted by Crippen LogP contribution is -2.42. The Bertz CT molecular complexity index is 1010. The molecule has 1 aromatic heterocycles. The summed E-state index contributed by atoms with van der Waals surface area (Å²) in [5.74, 6) is -0.958. The smallest absolute Gasteiger partial charge is 0.410 e. The predicted octanol–water partition coefficient (Wildman–Crippen LogP) is 4.03. The number of aliphatic hydroxyl groups is 1. The molecule has 8 nitrogen and oxygen atoms in total. The number of likely N-dealkylation sites (tertiary alicyclic amines) is 1. The number of thiophene rings is 1. The fourth-order valence-electron chi connectivity index (χ4n) is 4.33. The van der Waals surface area contributed by atoms with E-state index in [1.165, 1.54) is 11.3 Å². The molecule has 9 heteroatoms. The van der Waals surface area contributed by atoms with E-state index < -0.39 is 17.6 Å². The van der Waals surface area contributed by atoms with Crippen LogP contribution < -0.4 is 5.32 Å². The molecule has 2 N–H and O–H groups in total. The van der Waals surface area contributed by atoms with Gasteiger partial charge in [0.15, 0.2) is 0 Å². The lowest BCUT2D eigenvalue weighted by atomic mass is 9.89. The molecule has 1 aromatic rings. The Morgan fingerprint density at radius 1 is 1.26 bits per heavy atom. The van der Waals surface area contributed by atoms with Crippen LogP contribution in [0, 0.1) is 18.8 Å². The molecule has 34 heavy (non-hydrogen) atoms. The van der Waals surface area contributed by atoms with Crippen LogP contribution in [0.1, 0.15) is 74.4 Å². The van der Waals surface area contributed by atoms with Gasteiger partial charge >= 0.3 is 6.09 Å². The van der Waals surface area contributed by atoms with E-state index in [0.717, 1.165) is 16.0 Å². The minimum atomic E-state index is -0.699. The summed E-state index contributed by atoms with van der Waals surface area (Å²) in [6.07, 6.45) is 2.16. The fourth-order valence-corrected chi connectivity index (χ4v) is 5.48. The monoisotopic (exact) mass is 489 g/mol. The molecule has 2 atom stereocenters. The number of nitrogens with zero attached hydrogens (tertiary/aromatic N) is 2. The minimum absolute atomic E-state index is 0.000645. The number of hydrogen-bond donors (Lipinski definition) is 2. The van der Waals surface area contributed by atoms with E-state index in [1.807, 2.05) is 40.7 Å². The van der Waals surface area contributed by atoms with Gasteiger partial charge in [-0.05, 0) is 71.9 Å². The number of aliphatic imine (C=N–C) groups is 1. The molecule has 186 valence electrons. The molecule has 0 radical (unpaired) electrons. The molecule has 1 fully saturated rings. The van der Waals surface area contributed by atoms with Gasteiger partial charge in [0.05, 0.1) is 17.6 Å². The summed E-state index contributed by atoms with van der Waals surface area (Å²) in [6, 6.07) is 0. The minimum Gasteiger partial charge on any atom is -0.444 e. The Hall–Kier alpha value is -2.52. The van der Waals surface area contributed by atoms with Crippen molar-refractivity contribution in [2.45, 2.75) is 66.1 Å². The van der Waals surface area contributed by atoms with Crippen molar-refractivity contribution in [2.24, 2.45) is 16.8 Å². The second kappa shape index (κ2) is 10.4. The maximum Gasteiger partial charge on any atom is 0.410 e. The molecular weight excluding hydrogens is 454 g/mol. The van der Waals surface area contributed by atoms with Crippen LogP contribution in [0.3, 0.4) is 0 Å². The summed E-state index contributed by atoms with van der Waals surface area (Å²) in [5.41, 5.74) is 2.28. The van der Waals surface area contributed by atoms with Gasteiger partial charge in [-0.15, -0.1) is 11.3 Å². The molecule has 0 aromatic carbocycles. The number of amides is 3.